The van der Waals surface area contributed by atoms with Crippen LogP contribution >= 0.6 is 11.6 Å². The Kier molecular flexibility index (Phi) is 4.60. The van der Waals surface area contributed by atoms with Gasteiger partial charge in [0, 0.05) is 55.5 Å². The minimum atomic E-state index is -1.01. The Labute approximate surface area is 192 Å². The second-order valence-electron chi connectivity index (χ2n) is 9.02. The third kappa shape index (κ3) is 2.66. The van der Waals surface area contributed by atoms with Crippen LogP contribution in [0.5, 0.6) is 0 Å². The lowest BCUT2D eigenvalue weighted by molar-refractivity contribution is -0.258. The second-order valence-corrected chi connectivity index (χ2v) is 9.51. The van der Waals surface area contributed by atoms with E-state index in [1.807, 2.05) is 59.8 Å². The van der Waals surface area contributed by atoms with Gasteiger partial charge in [-0.25, -0.2) is 0 Å². The molecule has 0 N–H and O–H groups in total. The minimum absolute atomic E-state index is 0.0624. The second kappa shape index (κ2) is 7.29. The summed E-state index contributed by atoms with van der Waals surface area (Å²) >= 11 is 6.45. The van der Waals surface area contributed by atoms with Crippen LogP contribution in [-0.4, -0.2) is 47.8 Å². The topological polar surface area (TPSA) is 42.0 Å². The molecule has 0 spiro atoms. The van der Waals surface area contributed by atoms with E-state index in [0.29, 0.717) is 19.4 Å². The molecule has 4 heterocycles. The van der Waals surface area contributed by atoms with Crippen molar-refractivity contribution in [2.45, 2.75) is 30.1 Å². The van der Waals surface area contributed by atoms with Gasteiger partial charge in [-0.05, 0) is 35.8 Å². The number of rotatable bonds is 4. The lowest BCUT2D eigenvalue weighted by Gasteiger charge is -2.46. The van der Waals surface area contributed by atoms with Gasteiger partial charge in [0.15, 0.2) is 5.78 Å². The summed E-state index contributed by atoms with van der Waals surface area (Å²) in [6, 6.07) is 9.85. The molecule has 0 radical (unpaired) electrons. The number of fused-ring (bicyclic) bond motifs is 5. The Hall–Kier alpha value is -2.44. The first-order valence-electron chi connectivity index (χ1n) is 11.1. The van der Waals surface area contributed by atoms with E-state index in [2.05, 4.69) is 23.3 Å². The predicted molar refractivity (Wildman–Crippen MR) is 122 cm³/mol. The lowest BCUT2D eigenvalue weighted by atomic mass is 9.63. The molecule has 1 aromatic carbocycles. The Bertz CT molecular complexity index is 1120. The summed E-state index contributed by atoms with van der Waals surface area (Å²) in [5, 5.41) is 2.70. The largest absolute Gasteiger partial charge is 0.350 e. The standard InChI is InChI=1S/C26H25ClN2O3/c1-31-26-12-15-29(32-26)17-25(26,19-6-3-2-4-7-19)24(30)21-8-5-13-28-14-11-18-9-10-20(27)16-22(18)23(21)28/h2-11,13-14,22-23H,12,15-17H2,1H3. The maximum atomic E-state index is 14.7. The van der Waals surface area contributed by atoms with Gasteiger partial charge in [-0.3, -0.25) is 9.63 Å². The number of hydrogen-bond donors (Lipinski definition) is 0. The van der Waals surface area contributed by atoms with Crippen molar-refractivity contribution in [3.05, 3.63) is 94.9 Å². The molecular formula is C26H25ClN2O3. The molecule has 6 heteroatoms. The molecule has 1 aromatic rings. The molecule has 5 aliphatic rings. The van der Waals surface area contributed by atoms with Crippen molar-refractivity contribution in [1.29, 1.82) is 0 Å². The van der Waals surface area contributed by atoms with E-state index in [-0.39, 0.29) is 17.7 Å². The van der Waals surface area contributed by atoms with Gasteiger partial charge in [-0.15, -0.1) is 0 Å². The first-order valence-corrected chi connectivity index (χ1v) is 11.5. The van der Waals surface area contributed by atoms with E-state index in [1.165, 1.54) is 5.57 Å². The molecule has 5 atom stereocenters. The van der Waals surface area contributed by atoms with Crippen LogP contribution < -0.4 is 0 Å². The fourth-order valence-corrected chi connectivity index (χ4v) is 6.28. The van der Waals surface area contributed by atoms with Crippen molar-refractivity contribution >= 4 is 17.4 Å². The maximum Gasteiger partial charge on any atom is 0.207 e. The number of allylic oxidation sites excluding steroid dienone is 6. The Morgan fingerprint density at radius 2 is 2.03 bits per heavy atom. The zero-order chi connectivity index (χ0) is 21.9. The fraction of sp³-hybridized carbons (Fsp3) is 0.346. The van der Waals surface area contributed by atoms with Crippen LogP contribution in [0.2, 0.25) is 0 Å². The number of nitrogens with zero attached hydrogens (tertiary/aromatic N) is 2. The summed E-state index contributed by atoms with van der Waals surface area (Å²) in [5.41, 5.74) is 1.97. The van der Waals surface area contributed by atoms with Crippen LogP contribution in [0.4, 0.5) is 0 Å². The number of hydroxylamine groups is 2. The number of methoxy groups -OCH3 is 1. The smallest absolute Gasteiger partial charge is 0.207 e. The number of carbonyl (C=O) groups excluding carboxylic acids is 1. The molecule has 5 unspecified atom stereocenters. The molecule has 2 saturated heterocycles. The van der Waals surface area contributed by atoms with Gasteiger partial charge in [-0.1, -0.05) is 54.1 Å². The summed E-state index contributed by atoms with van der Waals surface area (Å²) in [6.07, 6.45) is 15.5. The van der Waals surface area contributed by atoms with Crippen molar-refractivity contribution in [2.24, 2.45) is 5.92 Å². The highest BCUT2D eigenvalue weighted by molar-refractivity contribution is 6.29. The quantitative estimate of drug-likeness (QED) is 0.690. The van der Waals surface area contributed by atoms with E-state index in [9.17, 15) is 4.79 Å². The van der Waals surface area contributed by atoms with Crippen LogP contribution in [0.3, 0.4) is 0 Å². The van der Waals surface area contributed by atoms with Gasteiger partial charge < -0.3 is 9.64 Å². The molecule has 2 bridgehead atoms. The molecule has 6 rings (SSSR count). The van der Waals surface area contributed by atoms with Crippen LogP contribution in [0.25, 0.3) is 0 Å². The van der Waals surface area contributed by atoms with Gasteiger partial charge >= 0.3 is 0 Å². The van der Waals surface area contributed by atoms with Crippen molar-refractivity contribution < 1.29 is 14.4 Å². The summed E-state index contributed by atoms with van der Waals surface area (Å²) in [5.74, 6) is -0.831. The third-order valence-corrected chi connectivity index (χ3v) is 7.85. The van der Waals surface area contributed by atoms with Gasteiger partial charge in [0.2, 0.25) is 5.79 Å². The number of benzene rings is 1. The number of hydrogen-bond acceptors (Lipinski definition) is 5. The molecule has 0 amide bonds. The van der Waals surface area contributed by atoms with Crippen molar-refractivity contribution in [2.75, 3.05) is 20.2 Å². The summed E-state index contributed by atoms with van der Waals surface area (Å²) < 4.78 is 6.03. The zero-order valence-electron chi connectivity index (χ0n) is 17.9. The summed E-state index contributed by atoms with van der Waals surface area (Å²) in [7, 11) is 1.65. The average Bonchev–Trinajstić information content (AvgIpc) is 3.41. The highest BCUT2D eigenvalue weighted by Gasteiger charge is 2.69. The average molecular weight is 449 g/mol. The predicted octanol–water partition coefficient (Wildman–Crippen LogP) is 4.21. The van der Waals surface area contributed by atoms with E-state index >= 15 is 0 Å². The van der Waals surface area contributed by atoms with E-state index < -0.39 is 11.2 Å². The van der Waals surface area contributed by atoms with Crippen molar-refractivity contribution in [3.8, 4) is 0 Å². The molecule has 4 aliphatic heterocycles. The maximum absolute atomic E-state index is 14.7. The normalized spacial score (nSPS) is 36.9. The van der Waals surface area contributed by atoms with Crippen LogP contribution in [-0.2, 0) is 19.8 Å². The SMILES string of the molecule is COC12CCN(CC1(C(=O)C1=CC=CN3C=CC4=CC=C(Cl)CC4C13)c1ccccc1)O2. The van der Waals surface area contributed by atoms with Gasteiger partial charge in [0.05, 0.1) is 6.04 Å². The first-order chi connectivity index (χ1) is 15.6. The number of carbonyl (C=O) groups is 1. The summed E-state index contributed by atoms with van der Waals surface area (Å²) in [6.45, 7) is 1.23. The van der Waals surface area contributed by atoms with Crippen molar-refractivity contribution in [3.63, 3.8) is 0 Å². The van der Waals surface area contributed by atoms with Crippen molar-refractivity contribution in [1.82, 2.24) is 9.96 Å². The Morgan fingerprint density at radius 1 is 1.19 bits per heavy atom. The Morgan fingerprint density at radius 3 is 2.81 bits per heavy atom. The van der Waals surface area contributed by atoms with Gasteiger partial charge in [-0.2, -0.15) is 5.06 Å². The van der Waals surface area contributed by atoms with Gasteiger partial charge in [0.25, 0.3) is 0 Å². The summed E-state index contributed by atoms with van der Waals surface area (Å²) in [4.78, 5) is 23.0. The Balaban J connectivity index is 1.49. The molecular weight excluding hydrogens is 424 g/mol. The van der Waals surface area contributed by atoms with E-state index in [0.717, 1.165) is 22.7 Å². The van der Waals surface area contributed by atoms with Gasteiger partial charge in [0.1, 0.15) is 5.41 Å². The molecule has 0 aromatic heterocycles. The molecule has 164 valence electrons. The third-order valence-electron chi connectivity index (χ3n) is 7.57. The highest BCUT2D eigenvalue weighted by Crippen LogP contribution is 2.54. The molecule has 5 nitrogen and oxygen atoms in total. The van der Waals surface area contributed by atoms with E-state index in [4.69, 9.17) is 21.2 Å². The highest BCUT2D eigenvalue weighted by atomic mass is 35.5. The molecule has 32 heavy (non-hydrogen) atoms. The fourth-order valence-electron chi connectivity index (χ4n) is 6.06. The van der Waals surface area contributed by atoms with E-state index in [1.54, 1.807) is 7.11 Å². The van der Waals surface area contributed by atoms with Crippen LogP contribution in [0, 0.1) is 5.92 Å². The lowest BCUT2D eigenvalue weighted by Crippen LogP contribution is -2.60. The number of ether oxygens (including phenoxy) is 1. The number of Topliss-reactive ketones (excluding diaryl/α,β-unsaturated/α-hetero) is 1. The number of piperidine rings is 1. The number of ketones is 1. The molecule has 1 aliphatic carbocycles. The number of halogens is 1. The molecule has 2 fully saturated rings. The minimum Gasteiger partial charge on any atom is -0.350 e. The first kappa shape index (κ1) is 20.2. The molecule has 0 saturated carbocycles. The van der Waals surface area contributed by atoms with Crippen LogP contribution in [0.1, 0.15) is 18.4 Å². The zero-order valence-corrected chi connectivity index (χ0v) is 18.7. The monoisotopic (exact) mass is 448 g/mol. The van der Waals surface area contributed by atoms with Crippen LogP contribution in [0.15, 0.2) is 89.3 Å².